The lowest BCUT2D eigenvalue weighted by Gasteiger charge is -2.09. The van der Waals surface area contributed by atoms with Crippen LogP contribution in [-0.4, -0.2) is 5.78 Å². The summed E-state index contributed by atoms with van der Waals surface area (Å²) in [5.74, 6) is 0.892. The Hall–Kier alpha value is -0.820. The van der Waals surface area contributed by atoms with Gasteiger partial charge in [-0.15, -0.1) is 0 Å². The monoisotopic (exact) mass is 236 g/mol. The molecule has 0 aliphatic heterocycles. The second-order valence-corrected chi connectivity index (χ2v) is 5.17. The number of Topliss-reactive ketones (excluding diaryl/α,β-unsaturated/α-hetero) is 1. The van der Waals surface area contributed by atoms with Crippen molar-refractivity contribution in [1.82, 2.24) is 0 Å². The lowest BCUT2D eigenvalue weighted by molar-refractivity contribution is 0.0961. The van der Waals surface area contributed by atoms with E-state index in [2.05, 4.69) is 0 Å². The summed E-state index contributed by atoms with van der Waals surface area (Å²) in [7, 11) is 0. The molecule has 0 atom stereocenters. The van der Waals surface area contributed by atoms with E-state index in [1.807, 2.05) is 19.1 Å². The zero-order valence-corrected chi connectivity index (χ0v) is 10.4. The predicted octanol–water partition coefficient (Wildman–Crippen LogP) is 4.41. The molecule has 0 radical (unpaired) electrons. The van der Waals surface area contributed by atoms with Gasteiger partial charge in [-0.25, -0.2) is 0 Å². The van der Waals surface area contributed by atoms with Crippen LogP contribution in [0.4, 0.5) is 0 Å². The van der Waals surface area contributed by atoms with Gasteiger partial charge in [0.2, 0.25) is 0 Å². The molecule has 0 N–H and O–H groups in total. The third-order valence-corrected chi connectivity index (χ3v) is 3.67. The fourth-order valence-corrected chi connectivity index (χ4v) is 2.75. The molecule has 0 aromatic heterocycles. The third-order valence-electron chi connectivity index (χ3n) is 3.44. The first-order chi connectivity index (χ1) is 7.66. The molecule has 1 nitrogen and oxygen atoms in total. The summed E-state index contributed by atoms with van der Waals surface area (Å²) in [6, 6.07) is 5.52. The largest absolute Gasteiger partial charge is 0.294 e. The van der Waals surface area contributed by atoms with E-state index >= 15 is 0 Å². The molecule has 16 heavy (non-hydrogen) atoms. The van der Waals surface area contributed by atoms with Gasteiger partial charge in [-0.2, -0.15) is 0 Å². The first kappa shape index (κ1) is 11.7. The highest BCUT2D eigenvalue weighted by molar-refractivity contribution is 6.30. The molecule has 1 aliphatic carbocycles. The number of carbonyl (C=O) groups excluding carboxylic acids is 1. The SMILES string of the molecule is Cc1cc(Cl)ccc1C(=O)CC1CCCC1. The van der Waals surface area contributed by atoms with Gasteiger partial charge >= 0.3 is 0 Å². The Balaban J connectivity index is 2.08. The van der Waals surface area contributed by atoms with Crippen LogP contribution in [0.15, 0.2) is 18.2 Å². The van der Waals surface area contributed by atoms with Gasteiger partial charge in [0.25, 0.3) is 0 Å². The summed E-state index contributed by atoms with van der Waals surface area (Å²) in [6.45, 7) is 1.95. The third kappa shape index (κ3) is 2.65. The summed E-state index contributed by atoms with van der Waals surface area (Å²) >= 11 is 5.88. The molecule has 0 unspecified atom stereocenters. The van der Waals surface area contributed by atoms with E-state index in [0.29, 0.717) is 17.4 Å². The highest BCUT2D eigenvalue weighted by atomic mass is 35.5. The molecule has 1 fully saturated rings. The number of carbonyl (C=O) groups is 1. The highest BCUT2D eigenvalue weighted by Gasteiger charge is 2.20. The minimum Gasteiger partial charge on any atom is -0.294 e. The van der Waals surface area contributed by atoms with Gasteiger partial charge in [-0.1, -0.05) is 37.3 Å². The minimum absolute atomic E-state index is 0.279. The normalized spacial score (nSPS) is 16.6. The molecule has 0 bridgehead atoms. The van der Waals surface area contributed by atoms with Crippen molar-refractivity contribution >= 4 is 17.4 Å². The van der Waals surface area contributed by atoms with Gasteiger partial charge in [0.05, 0.1) is 0 Å². The van der Waals surface area contributed by atoms with Gasteiger partial charge in [0, 0.05) is 17.0 Å². The molecule has 0 amide bonds. The quantitative estimate of drug-likeness (QED) is 0.711. The Morgan fingerprint density at radius 3 is 2.69 bits per heavy atom. The Kier molecular flexibility index (Phi) is 3.65. The van der Waals surface area contributed by atoms with Crippen LogP contribution in [-0.2, 0) is 0 Å². The summed E-state index contributed by atoms with van der Waals surface area (Å²) in [6.07, 6.45) is 5.73. The van der Waals surface area contributed by atoms with Crippen LogP contribution in [0, 0.1) is 12.8 Å². The molecule has 0 spiro atoms. The number of halogens is 1. The van der Waals surface area contributed by atoms with E-state index in [0.717, 1.165) is 11.1 Å². The minimum atomic E-state index is 0.279. The number of aryl methyl sites for hydroxylation is 1. The van der Waals surface area contributed by atoms with Crippen molar-refractivity contribution < 1.29 is 4.79 Å². The van der Waals surface area contributed by atoms with Crippen molar-refractivity contribution in [3.63, 3.8) is 0 Å². The number of hydrogen-bond donors (Lipinski definition) is 0. The fourth-order valence-electron chi connectivity index (χ4n) is 2.53. The number of benzene rings is 1. The predicted molar refractivity (Wildman–Crippen MR) is 67.1 cm³/mol. The van der Waals surface area contributed by atoms with Crippen molar-refractivity contribution in [2.24, 2.45) is 5.92 Å². The molecule has 1 saturated carbocycles. The maximum atomic E-state index is 12.1. The Morgan fingerprint density at radius 1 is 1.38 bits per heavy atom. The van der Waals surface area contributed by atoms with Crippen molar-refractivity contribution in [2.45, 2.75) is 39.0 Å². The number of hydrogen-bond acceptors (Lipinski definition) is 1. The second kappa shape index (κ2) is 5.01. The van der Waals surface area contributed by atoms with Gasteiger partial charge in [0.15, 0.2) is 5.78 Å². The van der Waals surface area contributed by atoms with Crippen LogP contribution in [0.25, 0.3) is 0 Å². The first-order valence-corrected chi connectivity index (χ1v) is 6.34. The molecular formula is C14H17ClO. The smallest absolute Gasteiger partial charge is 0.163 e. The first-order valence-electron chi connectivity index (χ1n) is 5.96. The van der Waals surface area contributed by atoms with Crippen LogP contribution < -0.4 is 0 Å². The van der Waals surface area contributed by atoms with Crippen molar-refractivity contribution in [1.29, 1.82) is 0 Å². The molecule has 86 valence electrons. The topological polar surface area (TPSA) is 17.1 Å². The highest BCUT2D eigenvalue weighted by Crippen LogP contribution is 2.29. The number of ketones is 1. The van der Waals surface area contributed by atoms with Gasteiger partial charge < -0.3 is 0 Å². The van der Waals surface area contributed by atoms with Crippen molar-refractivity contribution in [2.75, 3.05) is 0 Å². The van der Waals surface area contributed by atoms with Crippen LogP contribution in [0.2, 0.25) is 5.02 Å². The Morgan fingerprint density at radius 2 is 2.06 bits per heavy atom. The zero-order valence-electron chi connectivity index (χ0n) is 9.63. The van der Waals surface area contributed by atoms with E-state index in [1.165, 1.54) is 25.7 Å². The standard InChI is InChI=1S/C14H17ClO/c1-10-8-12(15)6-7-13(10)14(16)9-11-4-2-3-5-11/h6-8,11H,2-5,9H2,1H3. The Labute approximate surface area is 102 Å². The van der Waals surface area contributed by atoms with Crippen LogP contribution in [0.3, 0.4) is 0 Å². The maximum absolute atomic E-state index is 12.1. The lowest BCUT2D eigenvalue weighted by atomic mass is 9.95. The average molecular weight is 237 g/mol. The van der Waals surface area contributed by atoms with Gasteiger partial charge in [-0.05, 0) is 36.6 Å². The molecular weight excluding hydrogens is 220 g/mol. The van der Waals surface area contributed by atoms with Crippen molar-refractivity contribution in [3.05, 3.63) is 34.3 Å². The van der Waals surface area contributed by atoms with Crippen molar-refractivity contribution in [3.8, 4) is 0 Å². The molecule has 1 aromatic rings. The van der Waals surface area contributed by atoms with Gasteiger partial charge in [0.1, 0.15) is 0 Å². The summed E-state index contributed by atoms with van der Waals surface area (Å²) < 4.78 is 0. The van der Waals surface area contributed by atoms with Crippen LogP contribution in [0.1, 0.15) is 48.0 Å². The number of rotatable bonds is 3. The second-order valence-electron chi connectivity index (χ2n) is 4.74. The molecule has 2 rings (SSSR count). The molecule has 1 aliphatic rings. The fraction of sp³-hybridized carbons (Fsp3) is 0.500. The summed E-state index contributed by atoms with van der Waals surface area (Å²) in [5, 5.41) is 0.704. The lowest BCUT2D eigenvalue weighted by Crippen LogP contribution is -2.07. The van der Waals surface area contributed by atoms with Crippen LogP contribution in [0.5, 0.6) is 0 Å². The van der Waals surface area contributed by atoms with E-state index < -0.39 is 0 Å². The zero-order chi connectivity index (χ0) is 11.5. The molecule has 0 heterocycles. The molecule has 0 saturated heterocycles. The van der Waals surface area contributed by atoms with E-state index in [4.69, 9.17) is 11.6 Å². The van der Waals surface area contributed by atoms with Gasteiger partial charge in [-0.3, -0.25) is 4.79 Å². The average Bonchev–Trinajstić information content (AvgIpc) is 2.70. The Bertz CT molecular complexity index is 392. The van der Waals surface area contributed by atoms with E-state index in [-0.39, 0.29) is 5.78 Å². The van der Waals surface area contributed by atoms with E-state index in [1.54, 1.807) is 6.07 Å². The molecule has 2 heteroatoms. The maximum Gasteiger partial charge on any atom is 0.163 e. The van der Waals surface area contributed by atoms with E-state index in [9.17, 15) is 4.79 Å². The molecule has 1 aromatic carbocycles. The summed E-state index contributed by atoms with van der Waals surface area (Å²) in [5.41, 5.74) is 1.84. The summed E-state index contributed by atoms with van der Waals surface area (Å²) in [4.78, 5) is 12.1. The van der Waals surface area contributed by atoms with Crippen LogP contribution >= 0.6 is 11.6 Å².